The molecule has 86 valence electrons. The largest absolute Gasteiger partial charge is 0.330 e. The molecule has 3 N–H and O–H groups in total. The smallest absolute Gasteiger partial charge is 0.109 e. The van der Waals surface area contributed by atoms with E-state index in [1.807, 2.05) is 11.6 Å². The molecule has 0 spiro atoms. The highest BCUT2D eigenvalue weighted by Crippen LogP contribution is 2.15. The molecule has 0 bridgehead atoms. The molecule has 0 saturated carbocycles. The Kier molecular flexibility index (Phi) is 5.83. The highest BCUT2D eigenvalue weighted by atomic mass is 32.1. The molecular weight excluding hydrogens is 206 g/mol. The molecule has 0 aliphatic heterocycles. The van der Waals surface area contributed by atoms with Gasteiger partial charge in [0.1, 0.15) is 5.01 Å². The molecule has 1 aromatic rings. The van der Waals surface area contributed by atoms with Gasteiger partial charge in [0.2, 0.25) is 0 Å². The Bertz CT molecular complexity index is 248. The number of nitrogens with two attached hydrogens (primary N) is 1. The molecule has 2 atom stereocenters. The predicted octanol–water partition coefficient (Wildman–Crippen LogP) is 2.17. The van der Waals surface area contributed by atoms with Crippen molar-refractivity contribution in [3.8, 4) is 0 Å². The van der Waals surface area contributed by atoms with E-state index in [9.17, 15) is 0 Å². The van der Waals surface area contributed by atoms with Crippen molar-refractivity contribution in [2.45, 2.75) is 32.7 Å². The summed E-state index contributed by atoms with van der Waals surface area (Å²) in [4.78, 5) is 4.29. The molecule has 4 heteroatoms. The van der Waals surface area contributed by atoms with Crippen LogP contribution in [0.25, 0.3) is 0 Å². The average molecular weight is 227 g/mol. The normalized spacial score (nSPS) is 15.1. The summed E-state index contributed by atoms with van der Waals surface area (Å²) in [5.41, 5.74) is 5.71. The maximum Gasteiger partial charge on any atom is 0.109 e. The van der Waals surface area contributed by atoms with Gasteiger partial charge in [0.15, 0.2) is 0 Å². The van der Waals surface area contributed by atoms with Crippen molar-refractivity contribution in [3.05, 3.63) is 16.6 Å². The summed E-state index contributed by atoms with van der Waals surface area (Å²) in [6.07, 6.45) is 4.26. The SMILES string of the molecule is CCCC(CN)CNC(C)c1nccs1. The molecule has 2 unspecified atom stereocenters. The number of thiazole rings is 1. The van der Waals surface area contributed by atoms with Crippen molar-refractivity contribution in [2.75, 3.05) is 13.1 Å². The van der Waals surface area contributed by atoms with Crippen LogP contribution in [0.3, 0.4) is 0 Å². The fourth-order valence-electron chi connectivity index (χ4n) is 1.59. The molecule has 0 aliphatic rings. The van der Waals surface area contributed by atoms with Crippen molar-refractivity contribution in [3.63, 3.8) is 0 Å². The molecule has 0 fully saturated rings. The van der Waals surface area contributed by atoms with Gasteiger partial charge in [-0.05, 0) is 32.4 Å². The van der Waals surface area contributed by atoms with Crippen molar-refractivity contribution >= 4 is 11.3 Å². The molecule has 1 rings (SSSR count). The molecule has 1 aromatic heterocycles. The first-order chi connectivity index (χ1) is 7.27. The summed E-state index contributed by atoms with van der Waals surface area (Å²) < 4.78 is 0. The van der Waals surface area contributed by atoms with Gasteiger partial charge in [0.05, 0.1) is 6.04 Å². The van der Waals surface area contributed by atoms with Crippen molar-refractivity contribution in [1.82, 2.24) is 10.3 Å². The first-order valence-corrected chi connectivity index (χ1v) is 6.48. The third kappa shape index (κ3) is 4.28. The fraction of sp³-hybridized carbons (Fsp3) is 0.727. The summed E-state index contributed by atoms with van der Waals surface area (Å²) in [7, 11) is 0. The van der Waals surface area contributed by atoms with Crippen LogP contribution in [0.2, 0.25) is 0 Å². The first kappa shape index (κ1) is 12.6. The molecule has 1 heterocycles. The molecule has 15 heavy (non-hydrogen) atoms. The summed E-state index contributed by atoms with van der Waals surface area (Å²) in [5, 5.41) is 6.66. The lowest BCUT2D eigenvalue weighted by Crippen LogP contribution is -2.30. The average Bonchev–Trinajstić information content (AvgIpc) is 2.77. The Balaban J connectivity index is 2.29. The van der Waals surface area contributed by atoms with Crippen LogP contribution in [0.15, 0.2) is 11.6 Å². The Morgan fingerprint density at radius 1 is 1.60 bits per heavy atom. The van der Waals surface area contributed by atoms with E-state index in [1.165, 1.54) is 12.8 Å². The third-order valence-electron chi connectivity index (χ3n) is 2.56. The maximum atomic E-state index is 5.71. The zero-order valence-electron chi connectivity index (χ0n) is 9.57. The standard InChI is InChI=1S/C11H21N3S/c1-3-4-10(7-12)8-14-9(2)11-13-5-6-15-11/h5-6,9-10,14H,3-4,7-8,12H2,1-2H3. The highest BCUT2D eigenvalue weighted by molar-refractivity contribution is 7.09. The zero-order valence-corrected chi connectivity index (χ0v) is 10.4. The van der Waals surface area contributed by atoms with Gasteiger partial charge < -0.3 is 11.1 Å². The van der Waals surface area contributed by atoms with Crippen molar-refractivity contribution in [1.29, 1.82) is 0 Å². The van der Waals surface area contributed by atoms with Crippen LogP contribution in [0.4, 0.5) is 0 Å². The second kappa shape index (κ2) is 6.93. The van der Waals surface area contributed by atoms with Gasteiger partial charge >= 0.3 is 0 Å². The van der Waals surface area contributed by atoms with Gasteiger partial charge in [0.25, 0.3) is 0 Å². The molecule has 0 aromatic carbocycles. The summed E-state index contributed by atoms with van der Waals surface area (Å²) >= 11 is 1.70. The van der Waals surface area contributed by atoms with Crippen LogP contribution in [-0.2, 0) is 0 Å². The molecule has 0 amide bonds. The van der Waals surface area contributed by atoms with Gasteiger partial charge in [-0.1, -0.05) is 13.3 Å². The molecule has 0 radical (unpaired) electrons. The van der Waals surface area contributed by atoms with Crippen molar-refractivity contribution < 1.29 is 0 Å². The minimum atomic E-state index is 0.343. The van der Waals surface area contributed by atoms with E-state index in [0.717, 1.165) is 18.1 Å². The van der Waals surface area contributed by atoms with Gasteiger partial charge in [-0.25, -0.2) is 4.98 Å². The number of nitrogens with zero attached hydrogens (tertiary/aromatic N) is 1. The first-order valence-electron chi connectivity index (χ1n) is 5.60. The van der Waals surface area contributed by atoms with Crippen LogP contribution < -0.4 is 11.1 Å². The summed E-state index contributed by atoms with van der Waals surface area (Å²) in [6.45, 7) is 6.11. The highest BCUT2D eigenvalue weighted by Gasteiger charge is 2.10. The van der Waals surface area contributed by atoms with Crippen LogP contribution in [0.5, 0.6) is 0 Å². The van der Waals surface area contributed by atoms with E-state index < -0.39 is 0 Å². The summed E-state index contributed by atoms with van der Waals surface area (Å²) in [5.74, 6) is 0.595. The van der Waals surface area contributed by atoms with Crippen LogP contribution in [0.1, 0.15) is 37.7 Å². The molecular formula is C11H21N3S. The minimum Gasteiger partial charge on any atom is -0.330 e. The maximum absolute atomic E-state index is 5.71. The second-order valence-electron chi connectivity index (χ2n) is 3.89. The monoisotopic (exact) mass is 227 g/mol. The van der Waals surface area contributed by atoms with Crippen LogP contribution in [-0.4, -0.2) is 18.1 Å². The minimum absolute atomic E-state index is 0.343. The van der Waals surface area contributed by atoms with E-state index >= 15 is 0 Å². The van der Waals surface area contributed by atoms with E-state index in [-0.39, 0.29) is 0 Å². The number of aromatic nitrogens is 1. The number of hydrogen-bond donors (Lipinski definition) is 2. The zero-order chi connectivity index (χ0) is 11.1. The van der Waals surface area contributed by atoms with E-state index in [2.05, 4.69) is 24.1 Å². The second-order valence-corrected chi connectivity index (χ2v) is 4.82. The van der Waals surface area contributed by atoms with Crippen molar-refractivity contribution in [2.24, 2.45) is 11.7 Å². The van der Waals surface area contributed by atoms with Gasteiger partial charge in [-0.2, -0.15) is 0 Å². The molecule has 3 nitrogen and oxygen atoms in total. The third-order valence-corrected chi connectivity index (χ3v) is 3.52. The Labute approximate surface area is 96.1 Å². The predicted molar refractivity (Wildman–Crippen MR) is 66.0 cm³/mol. The van der Waals surface area contributed by atoms with Crippen LogP contribution >= 0.6 is 11.3 Å². The number of nitrogens with one attached hydrogen (secondary N) is 1. The lowest BCUT2D eigenvalue weighted by molar-refractivity contribution is 0.423. The van der Waals surface area contributed by atoms with Gasteiger partial charge in [0, 0.05) is 11.6 Å². The Morgan fingerprint density at radius 2 is 2.40 bits per heavy atom. The van der Waals surface area contributed by atoms with Gasteiger partial charge in [-0.3, -0.25) is 0 Å². The Morgan fingerprint density at radius 3 is 2.93 bits per heavy atom. The summed E-state index contributed by atoms with van der Waals surface area (Å²) in [6, 6.07) is 0.343. The number of hydrogen-bond acceptors (Lipinski definition) is 4. The number of rotatable bonds is 7. The molecule has 0 saturated heterocycles. The quantitative estimate of drug-likeness (QED) is 0.750. The fourth-order valence-corrected chi connectivity index (χ4v) is 2.26. The van der Waals surface area contributed by atoms with E-state index in [1.54, 1.807) is 11.3 Å². The Hall–Kier alpha value is -0.450. The lowest BCUT2D eigenvalue weighted by Gasteiger charge is -2.17. The topological polar surface area (TPSA) is 50.9 Å². The molecule has 0 aliphatic carbocycles. The van der Waals surface area contributed by atoms with Gasteiger partial charge in [-0.15, -0.1) is 11.3 Å². The van der Waals surface area contributed by atoms with E-state index in [0.29, 0.717) is 12.0 Å². The van der Waals surface area contributed by atoms with E-state index in [4.69, 9.17) is 5.73 Å². The van der Waals surface area contributed by atoms with Crippen LogP contribution in [0, 0.1) is 5.92 Å². The lowest BCUT2D eigenvalue weighted by atomic mass is 10.0.